The molecule has 2 fully saturated rings. The summed E-state index contributed by atoms with van der Waals surface area (Å²) in [5.74, 6) is 0.0398. The monoisotopic (exact) mass is 538 g/mol. The minimum absolute atomic E-state index is 0.00310. The highest BCUT2D eigenvalue weighted by Gasteiger charge is 2.60. The first kappa shape index (κ1) is 25.2. The van der Waals surface area contributed by atoms with Crippen molar-refractivity contribution in [2.45, 2.75) is 51.1 Å². The van der Waals surface area contributed by atoms with Crippen molar-refractivity contribution in [2.24, 2.45) is 5.92 Å². The van der Waals surface area contributed by atoms with Crippen LogP contribution in [0, 0.1) is 11.7 Å². The van der Waals surface area contributed by atoms with Gasteiger partial charge in [-0.05, 0) is 87.1 Å². The third-order valence-electron chi connectivity index (χ3n) is 8.63. The lowest BCUT2D eigenvalue weighted by Crippen LogP contribution is -2.53. The molecule has 6 rings (SSSR count). The molecule has 200 valence electrons. The van der Waals surface area contributed by atoms with Gasteiger partial charge in [0.05, 0.1) is 5.02 Å². The van der Waals surface area contributed by atoms with Gasteiger partial charge in [0.25, 0.3) is 5.91 Å². The Bertz CT molecular complexity index is 1430. The van der Waals surface area contributed by atoms with E-state index in [1.54, 1.807) is 29.2 Å². The number of phenolic OH excluding ortho intramolecular Hbond substituents is 1. The highest BCUT2D eigenvalue weighted by molar-refractivity contribution is 6.31. The van der Waals surface area contributed by atoms with Gasteiger partial charge < -0.3 is 15.0 Å². The van der Waals surface area contributed by atoms with E-state index in [4.69, 9.17) is 11.6 Å². The number of nitrogens with zero attached hydrogens (tertiary/aromatic N) is 3. The number of halogens is 2. The van der Waals surface area contributed by atoms with Gasteiger partial charge in [0.15, 0.2) is 0 Å². The van der Waals surface area contributed by atoms with Crippen LogP contribution >= 0.6 is 11.6 Å². The average Bonchev–Trinajstić information content (AvgIpc) is 3.31. The molecular weight excluding hydrogens is 507 g/mol. The number of nitrogens with one attached hydrogen (secondary N) is 1. The van der Waals surface area contributed by atoms with Crippen LogP contribution in [0.5, 0.6) is 5.75 Å². The first-order chi connectivity index (χ1) is 18.2. The van der Waals surface area contributed by atoms with Gasteiger partial charge in [-0.15, -0.1) is 0 Å². The van der Waals surface area contributed by atoms with Crippen LogP contribution in [0.2, 0.25) is 5.02 Å². The number of phenols is 1. The van der Waals surface area contributed by atoms with Crippen molar-refractivity contribution in [3.05, 3.63) is 64.1 Å². The molecule has 1 aromatic heterocycles. The van der Waals surface area contributed by atoms with E-state index in [1.807, 2.05) is 13.0 Å². The number of likely N-dealkylation sites (tertiary alicyclic amines) is 1. The average molecular weight is 539 g/mol. The molecule has 38 heavy (non-hydrogen) atoms. The number of hydrogen-bond donors (Lipinski definition) is 2. The van der Waals surface area contributed by atoms with Crippen molar-refractivity contribution in [1.82, 2.24) is 19.7 Å². The Hall–Kier alpha value is -3.10. The number of benzene rings is 2. The number of hydrogen-bond acceptors (Lipinski definition) is 4. The van der Waals surface area contributed by atoms with E-state index in [0.717, 1.165) is 42.9 Å². The van der Waals surface area contributed by atoms with Gasteiger partial charge in [-0.3, -0.25) is 14.6 Å². The van der Waals surface area contributed by atoms with Crippen LogP contribution in [-0.4, -0.2) is 68.4 Å². The maximum Gasteiger partial charge on any atom is 0.328 e. The molecule has 0 saturated carbocycles. The highest BCUT2D eigenvalue weighted by Crippen LogP contribution is 2.49. The fourth-order valence-electron chi connectivity index (χ4n) is 6.49. The second-order valence-electron chi connectivity index (χ2n) is 11.3. The summed E-state index contributed by atoms with van der Waals surface area (Å²) in [5, 5.41) is 11.0. The summed E-state index contributed by atoms with van der Waals surface area (Å²) in [6.45, 7) is 7.40. The van der Waals surface area contributed by atoms with Gasteiger partial charge in [-0.2, -0.15) is 0 Å². The molecule has 3 aromatic rings. The summed E-state index contributed by atoms with van der Waals surface area (Å²) in [6, 6.07) is 8.65. The maximum atomic E-state index is 14.3. The summed E-state index contributed by atoms with van der Waals surface area (Å²) in [5.41, 5.74) is 1.63. The number of amides is 3. The summed E-state index contributed by atoms with van der Waals surface area (Å²) in [7, 11) is 0. The van der Waals surface area contributed by atoms with Crippen molar-refractivity contribution in [3.8, 4) is 5.75 Å². The SMILES string of the molecule is CC1CCN(CCCN2C(=O)N3[C@H](c4cccc(O)c4)c4[nH]c5cc(F)c(Cl)cc5c4C[C@@]3(C)C2=O)CC1. The van der Waals surface area contributed by atoms with Crippen molar-refractivity contribution >= 4 is 34.4 Å². The summed E-state index contributed by atoms with van der Waals surface area (Å²) in [4.78, 5) is 36.6. The topological polar surface area (TPSA) is 79.9 Å². The fraction of sp³-hybridized carbons (Fsp3) is 0.448. The Kier molecular flexibility index (Phi) is 6.15. The molecule has 0 radical (unpaired) electrons. The molecule has 9 heteroatoms. The van der Waals surface area contributed by atoms with Crippen LogP contribution in [0.1, 0.15) is 56.0 Å². The van der Waals surface area contributed by atoms with E-state index < -0.39 is 17.4 Å². The van der Waals surface area contributed by atoms with E-state index in [-0.39, 0.29) is 29.1 Å². The zero-order valence-corrected chi connectivity index (χ0v) is 22.4. The number of urea groups is 1. The minimum atomic E-state index is -1.13. The van der Waals surface area contributed by atoms with Crippen LogP contribution in [0.25, 0.3) is 10.9 Å². The van der Waals surface area contributed by atoms with Crippen molar-refractivity contribution in [1.29, 1.82) is 0 Å². The van der Waals surface area contributed by atoms with Crippen molar-refractivity contribution < 1.29 is 19.1 Å². The fourth-order valence-corrected chi connectivity index (χ4v) is 6.65. The predicted octanol–water partition coefficient (Wildman–Crippen LogP) is 5.46. The molecule has 4 heterocycles. The van der Waals surface area contributed by atoms with Gasteiger partial charge in [0.1, 0.15) is 23.1 Å². The molecule has 0 unspecified atom stereocenters. The first-order valence-electron chi connectivity index (χ1n) is 13.3. The number of fused-ring (bicyclic) bond motifs is 4. The lowest BCUT2D eigenvalue weighted by atomic mass is 9.81. The minimum Gasteiger partial charge on any atom is -0.508 e. The van der Waals surface area contributed by atoms with Crippen LogP contribution in [0.3, 0.4) is 0 Å². The van der Waals surface area contributed by atoms with Gasteiger partial charge in [-0.1, -0.05) is 30.7 Å². The standard InChI is InChI=1S/C29H32ClFN4O3/c1-17-7-11-33(12-8-17)9-4-10-34-27(37)29(2)16-21-20-14-22(30)23(31)15-24(20)32-25(21)26(35(29)28(34)38)18-5-3-6-19(36)13-18/h3,5-6,13-15,17,26,32,36H,4,7-12,16H2,1-2H3/t26-,29+/m1/s1. The van der Waals surface area contributed by atoms with E-state index >= 15 is 0 Å². The summed E-state index contributed by atoms with van der Waals surface area (Å²) >= 11 is 6.15. The largest absolute Gasteiger partial charge is 0.508 e. The number of aromatic amines is 1. The third kappa shape index (κ3) is 3.96. The number of imide groups is 1. The Morgan fingerprint density at radius 3 is 2.66 bits per heavy atom. The summed E-state index contributed by atoms with van der Waals surface area (Å²) < 4.78 is 14.3. The molecule has 2 atom stereocenters. The Morgan fingerprint density at radius 2 is 1.92 bits per heavy atom. The molecule has 2 aromatic carbocycles. The summed E-state index contributed by atoms with van der Waals surface area (Å²) in [6.07, 6.45) is 3.36. The highest BCUT2D eigenvalue weighted by atomic mass is 35.5. The van der Waals surface area contributed by atoms with Crippen LogP contribution in [0.4, 0.5) is 9.18 Å². The zero-order chi connectivity index (χ0) is 26.8. The van der Waals surface area contributed by atoms with Crippen molar-refractivity contribution in [2.75, 3.05) is 26.2 Å². The van der Waals surface area contributed by atoms with E-state index in [2.05, 4.69) is 16.8 Å². The number of carbonyl (C=O) groups is 2. The zero-order valence-electron chi connectivity index (χ0n) is 21.6. The molecule has 2 saturated heterocycles. The van der Waals surface area contributed by atoms with E-state index in [9.17, 15) is 19.1 Å². The van der Waals surface area contributed by atoms with Gasteiger partial charge >= 0.3 is 6.03 Å². The van der Waals surface area contributed by atoms with Crippen LogP contribution in [-0.2, 0) is 11.2 Å². The predicted molar refractivity (Wildman–Crippen MR) is 144 cm³/mol. The molecule has 0 bridgehead atoms. The van der Waals surface area contributed by atoms with E-state index in [1.165, 1.54) is 23.8 Å². The Labute approximate surface area is 226 Å². The normalized spacial score (nSPS) is 24.4. The van der Waals surface area contributed by atoms with Gasteiger partial charge in [-0.25, -0.2) is 9.18 Å². The number of H-pyrrole nitrogens is 1. The third-order valence-corrected chi connectivity index (χ3v) is 8.92. The van der Waals surface area contributed by atoms with Crippen molar-refractivity contribution in [3.63, 3.8) is 0 Å². The van der Waals surface area contributed by atoms with Gasteiger partial charge in [0, 0.05) is 29.6 Å². The number of rotatable bonds is 5. The molecule has 7 nitrogen and oxygen atoms in total. The Morgan fingerprint density at radius 1 is 1.16 bits per heavy atom. The molecule has 3 aliphatic rings. The van der Waals surface area contributed by atoms with Crippen LogP contribution < -0.4 is 0 Å². The number of piperidine rings is 1. The van der Waals surface area contributed by atoms with Crippen LogP contribution in [0.15, 0.2) is 36.4 Å². The van der Waals surface area contributed by atoms with E-state index in [0.29, 0.717) is 23.3 Å². The number of carbonyl (C=O) groups excluding carboxylic acids is 2. The number of aromatic hydroxyl groups is 1. The molecule has 3 aliphatic heterocycles. The quantitative estimate of drug-likeness (QED) is 0.423. The Balaban J connectivity index is 1.37. The molecule has 2 N–H and O–H groups in total. The lowest BCUT2D eigenvalue weighted by molar-refractivity contribution is -0.133. The van der Waals surface area contributed by atoms with Gasteiger partial charge in [0.2, 0.25) is 0 Å². The maximum absolute atomic E-state index is 14.3. The number of aromatic nitrogens is 1. The molecule has 0 aliphatic carbocycles. The first-order valence-corrected chi connectivity index (χ1v) is 13.7. The second kappa shape index (κ2) is 9.27. The molecular formula is C29H32ClFN4O3. The molecule has 3 amide bonds. The molecule has 0 spiro atoms. The smallest absolute Gasteiger partial charge is 0.328 e. The second-order valence-corrected chi connectivity index (χ2v) is 11.7. The lowest BCUT2D eigenvalue weighted by Gasteiger charge is -2.42.